The van der Waals surface area contributed by atoms with Crippen molar-refractivity contribution in [3.8, 4) is 0 Å². The Morgan fingerprint density at radius 1 is 2.00 bits per heavy atom. The minimum absolute atomic E-state index is 0.0413. The van der Waals surface area contributed by atoms with Gasteiger partial charge in [0, 0.05) is 6.92 Å². The van der Waals surface area contributed by atoms with E-state index in [0.29, 0.717) is 0 Å². The van der Waals surface area contributed by atoms with Crippen molar-refractivity contribution in [2.75, 3.05) is 0 Å². The largest absolute Gasteiger partial charge is 0.448 e. The van der Waals surface area contributed by atoms with Crippen LogP contribution in [0.4, 0.5) is 0 Å². The SMILES string of the molecule is CC(=O)NPBO. The summed E-state index contributed by atoms with van der Waals surface area (Å²) in [5, 5.41) is 10.5. The average Bonchev–Trinajstić information content (AvgIpc) is 1.61. The van der Waals surface area contributed by atoms with E-state index in [4.69, 9.17) is 5.02 Å². The molecule has 0 fully saturated rings. The molecule has 0 bridgehead atoms. The van der Waals surface area contributed by atoms with Crippen LogP contribution in [0.5, 0.6) is 0 Å². The van der Waals surface area contributed by atoms with Gasteiger partial charge in [-0.1, -0.05) is 0 Å². The van der Waals surface area contributed by atoms with Crippen molar-refractivity contribution < 1.29 is 9.82 Å². The van der Waals surface area contributed by atoms with Crippen molar-refractivity contribution in [2.45, 2.75) is 6.92 Å². The molecule has 0 aromatic rings. The summed E-state index contributed by atoms with van der Waals surface area (Å²) >= 11 is 0. The Hall–Kier alpha value is -0.0751. The molecule has 1 amide bonds. The van der Waals surface area contributed by atoms with Gasteiger partial charge in [-0.15, -0.1) is 0 Å². The number of hydrogen-bond acceptors (Lipinski definition) is 2. The van der Waals surface area contributed by atoms with Gasteiger partial charge in [0.25, 0.3) is 0 Å². The lowest BCUT2D eigenvalue weighted by molar-refractivity contribution is -0.117. The standard InChI is InChI=1S/C2H7BNO2P/c1-2(5)4-7-3-6/h3,6-7H,1H3,(H,4,5). The summed E-state index contributed by atoms with van der Waals surface area (Å²) in [6.45, 7) is 1.42. The normalized spacial score (nSPS) is 9.43. The van der Waals surface area contributed by atoms with Crippen LogP contribution in [0.25, 0.3) is 0 Å². The minimum Gasteiger partial charge on any atom is -0.448 e. The second-order valence-corrected chi connectivity index (χ2v) is 1.94. The fourth-order valence-electron chi connectivity index (χ4n) is 0.164. The number of carbonyl (C=O) groups excluding carboxylic acids is 1. The van der Waals surface area contributed by atoms with Crippen LogP contribution in [-0.4, -0.2) is 18.1 Å². The maximum Gasteiger partial charge on any atom is 0.317 e. The first kappa shape index (κ1) is 6.92. The first-order valence-electron chi connectivity index (χ1n) is 1.87. The molecule has 2 N–H and O–H groups in total. The molecule has 0 saturated carbocycles. The first-order valence-corrected chi connectivity index (χ1v) is 3.08. The lowest BCUT2D eigenvalue weighted by Crippen LogP contribution is -2.09. The van der Waals surface area contributed by atoms with E-state index >= 15 is 0 Å². The van der Waals surface area contributed by atoms with E-state index in [1.165, 1.54) is 6.92 Å². The van der Waals surface area contributed by atoms with Gasteiger partial charge in [0.2, 0.25) is 5.91 Å². The second-order valence-electron chi connectivity index (χ2n) is 1.02. The van der Waals surface area contributed by atoms with Crippen molar-refractivity contribution in [3.05, 3.63) is 0 Å². The van der Waals surface area contributed by atoms with Gasteiger partial charge in [0.05, 0.1) is 0 Å². The highest BCUT2D eigenvalue weighted by atomic mass is 31.1. The molecule has 0 spiro atoms. The second kappa shape index (κ2) is 4.09. The molecular formula is C2H7BNO2P. The van der Waals surface area contributed by atoms with Crippen molar-refractivity contribution in [2.24, 2.45) is 0 Å². The summed E-state index contributed by atoms with van der Waals surface area (Å²) < 4.78 is 0. The van der Waals surface area contributed by atoms with Gasteiger partial charge < -0.3 is 10.1 Å². The molecule has 0 rings (SSSR count). The molecule has 40 valence electrons. The molecule has 1 unspecified atom stereocenters. The molecule has 0 aromatic carbocycles. The minimum atomic E-state index is -0.0904. The quantitative estimate of drug-likeness (QED) is 0.360. The highest BCUT2D eigenvalue weighted by Gasteiger charge is 1.86. The molecule has 5 heteroatoms. The summed E-state index contributed by atoms with van der Waals surface area (Å²) in [5.41, 5.74) is 0. The maximum atomic E-state index is 9.99. The van der Waals surface area contributed by atoms with Crippen LogP contribution in [0.2, 0.25) is 0 Å². The molecule has 1 atom stereocenters. The molecule has 0 aliphatic carbocycles. The number of nitrogens with one attached hydrogen (secondary N) is 1. The smallest absolute Gasteiger partial charge is 0.317 e. The van der Waals surface area contributed by atoms with Crippen LogP contribution in [0.15, 0.2) is 0 Å². The lowest BCUT2D eigenvalue weighted by atomic mass is 10.6. The summed E-state index contributed by atoms with van der Waals surface area (Å²) in [6.07, 6.45) is 0. The van der Waals surface area contributed by atoms with Crippen LogP contribution in [0, 0.1) is 0 Å². The van der Waals surface area contributed by atoms with Crippen molar-refractivity contribution in [1.29, 1.82) is 0 Å². The summed E-state index contributed by atoms with van der Waals surface area (Å²) in [6, 6.07) is 0. The van der Waals surface area contributed by atoms with Crippen LogP contribution in [0.3, 0.4) is 0 Å². The van der Waals surface area contributed by atoms with Crippen molar-refractivity contribution >= 4 is 21.7 Å². The Morgan fingerprint density at radius 3 is 2.71 bits per heavy atom. The van der Waals surface area contributed by atoms with Gasteiger partial charge in [0.15, 0.2) is 0 Å². The highest BCUT2D eigenvalue weighted by molar-refractivity contribution is 7.68. The topological polar surface area (TPSA) is 49.3 Å². The number of hydrogen-bond donors (Lipinski definition) is 2. The molecule has 0 aliphatic rings. The molecule has 7 heavy (non-hydrogen) atoms. The number of amides is 1. The molecule has 0 saturated heterocycles. The fraction of sp³-hybridized carbons (Fsp3) is 0.500. The molecular weight excluding hydrogens is 112 g/mol. The van der Waals surface area contributed by atoms with Crippen LogP contribution in [-0.2, 0) is 4.79 Å². The van der Waals surface area contributed by atoms with Gasteiger partial charge in [-0.05, 0) is 8.61 Å². The van der Waals surface area contributed by atoms with Crippen LogP contribution >= 0.6 is 8.61 Å². The highest BCUT2D eigenvalue weighted by Crippen LogP contribution is 1.93. The van der Waals surface area contributed by atoms with Crippen molar-refractivity contribution in [3.63, 3.8) is 0 Å². The Balaban J connectivity index is 2.82. The van der Waals surface area contributed by atoms with E-state index in [2.05, 4.69) is 5.09 Å². The third-order valence-electron chi connectivity index (χ3n) is 0.343. The van der Waals surface area contributed by atoms with E-state index in [0.717, 1.165) is 0 Å². The predicted octanol–water partition coefficient (Wildman–Crippen LogP) is -1.03. The summed E-state index contributed by atoms with van der Waals surface area (Å²) in [5.74, 6) is -0.0904. The molecule has 0 aromatic heterocycles. The van der Waals surface area contributed by atoms with Gasteiger partial charge >= 0.3 is 7.20 Å². The van der Waals surface area contributed by atoms with E-state index in [9.17, 15) is 4.79 Å². The van der Waals surface area contributed by atoms with E-state index in [1.807, 2.05) is 0 Å². The van der Waals surface area contributed by atoms with Crippen molar-refractivity contribution in [1.82, 2.24) is 5.09 Å². The van der Waals surface area contributed by atoms with E-state index in [-0.39, 0.29) is 21.7 Å². The van der Waals surface area contributed by atoms with Gasteiger partial charge in [-0.2, -0.15) is 0 Å². The summed E-state index contributed by atoms with van der Waals surface area (Å²) in [4.78, 5) is 9.99. The van der Waals surface area contributed by atoms with E-state index in [1.54, 1.807) is 0 Å². The monoisotopic (exact) mass is 119 g/mol. The average molecular weight is 119 g/mol. The number of carbonyl (C=O) groups is 1. The number of rotatable bonds is 2. The Labute approximate surface area is 44.6 Å². The van der Waals surface area contributed by atoms with E-state index < -0.39 is 0 Å². The Bertz CT molecular complexity index is 68.7. The van der Waals surface area contributed by atoms with Gasteiger partial charge in [-0.3, -0.25) is 4.79 Å². The summed E-state index contributed by atoms with van der Waals surface area (Å²) in [7, 11) is 0.192. The Kier molecular flexibility index (Phi) is 4.05. The zero-order valence-electron chi connectivity index (χ0n) is 4.06. The molecule has 3 nitrogen and oxygen atoms in total. The first-order chi connectivity index (χ1) is 3.27. The molecule has 0 aliphatic heterocycles. The lowest BCUT2D eigenvalue weighted by Gasteiger charge is -1.91. The molecule has 0 radical (unpaired) electrons. The fourth-order valence-corrected chi connectivity index (χ4v) is 0.492. The van der Waals surface area contributed by atoms with Gasteiger partial charge in [0.1, 0.15) is 0 Å². The molecule has 0 heterocycles. The Morgan fingerprint density at radius 2 is 2.57 bits per heavy atom. The van der Waals surface area contributed by atoms with Crippen LogP contribution in [0.1, 0.15) is 6.92 Å². The van der Waals surface area contributed by atoms with Crippen LogP contribution < -0.4 is 5.09 Å². The third kappa shape index (κ3) is 5.92. The van der Waals surface area contributed by atoms with Gasteiger partial charge in [-0.25, -0.2) is 0 Å². The predicted molar refractivity (Wildman–Crippen MR) is 31.5 cm³/mol. The zero-order valence-corrected chi connectivity index (χ0v) is 5.06. The zero-order chi connectivity index (χ0) is 5.70. The maximum absolute atomic E-state index is 9.99. The third-order valence-corrected chi connectivity index (χ3v) is 1.03.